The van der Waals surface area contributed by atoms with E-state index in [1.165, 1.54) is 13.0 Å². The third-order valence-corrected chi connectivity index (χ3v) is 3.58. The van der Waals surface area contributed by atoms with Crippen LogP contribution in [0, 0.1) is 6.92 Å². The van der Waals surface area contributed by atoms with Crippen LogP contribution in [0.1, 0.15) is 11.4 Å². The van der Waals surface area contributed by atoms with E-state index in [-0.39, 0.29) is 17.3 Å². The molecule has 0 bridgehead atoms. The molecule has 0 fully saturated rings. The first-order valence-corrected chi connectivity index (χ1v) is 7.43. The number of alkyl halides is 3. The summed E-state index contributed by atoms with van der Waals surface area (Å²) in [7, 11) is 1.08. The molecule has 1 N–H and O–H groups in total. The van der Waals surface area contributed by atoms with Gasteiger partial charge in [-0.05, 0) is 18.4 Å². The number of fused-ring (bicyclic) bond motifs is 1. The lowest BCUT2D eigenvalue weighted by atomic mass is 10.1. The molecule has 0 aliphatic rings. The number of phenolic OH excluding ortho intramolecular Hbond substituents is 1. The number of aromatic hydroxyl groups is 1. The maximum absolute atomic E-state index is 13.3. The first kappa shape index (κ1) is 17.6. The van der Waals surface area contributed by atoms with Crippen molar-refractivity contribution in [1.29, 1.82) is 0 Å². The van der Waals surface area contributed by atoms with E-state index in [2.05, 4.69) is 20.2 Å². The van der Waals surface area contributed by atoms with Crippen LogP contribution in [0.15, 0.2) is 46.6 Å². The Morgan fingerprint density at radius 1 is 1.04 bits per heavy atom. The van der Waals surface area contributed by atoms with Gasteiger partial charge < -0.3 is 9.84 Å². The predicted molar refractivity (Wildman–Crippen MR) is 88.1 cm³/mol. The molecule has 0 unspecified atom stereocenters. The first-order chi connectivity index (χ1) is 12.3. The van der Waals surface area contributed by atoms with E-state index in [1.807, 2.05) is 0 Å². The fraction of sp³-hybridized carbons (Fsp3) is 0.176. The number of rotatable bonds is 3. The second-order valence-corrected chi connectivity index (χ2v) is 5.33. The van der Waals surface area contributed by atoms with Gasteiger partial charge in [0.15, 0.2) is 17.1 Å². The quantitative estimate of drug-likeness (QED) is 0.659. The average Bonchev–Trinajstić information content (AvgIpc) is 2.59. The fourth-order valence-electron chi connectivity index (χ4n) is 2.43. The van der Waals surface area contributed by atoms with Crippen molar-refractivity contribution < 1.29 is 23.0 Å². The number of aromatic nitrogens is 2. The summed E-state index contributed by atoms with van der Waals surface area (Å²) in [5.41, 5.74) is -1.21. The van der Waals surface area contributed by atoms with Crippen molar-refractivity contribution in [3.63, 3.8) is 0 Å². The van der Waals surface area contributed by atoms with Crippen LogP contribution >= 0.6 is 0 Å². The van der Waals surface area contributed by atoms with E-state index in [4.69, 9.17) is 4.74 Å². The van der Waals surface area contributed by atoms with Gasteiger partial charge in [-0.15, -0.1) is 10.2 Å². The summed E-state index contributed by atoms with van der Waals surface area (Å²) >= 11 is 0. The minimum absolute atomic E-state index is 0.0204. The molecule has 3 rings (SSSR count). The highest BCUT2D eigenvalue weighted by molar-refractivity contribution is 5.92. The lowest BCUT2D eigenvalue weighted by molar-refractivity contribution is -0.138. The first-order valence-electron chi connectivity index (χ1n) is 7.43. The molecule has 26 heavy (non-hydrogen) atoms. The molecule has 9 heteroatoms. The molecule has 0 atom stereocenters. The zero-order valence-corrected chi connectivity index (χ0v) is 13.7. The zero-order valence-electron chi connectivity index (χ0n) is 13.7. The molecule has 0 aliphatic heterocycles. The van der Waals surface area contributed by atoms with Crippen LogP contribution in [0.25, 0.3) is 10.8 Å². The van der Waals surface area contributed by atoms with Gasteiger partial charge in [-0.3, -0.25) is 0 Å². The van der Waals surface area contributed by atoms with E-state index < -0.39 is 23.4 Å². The third kappa shape index (κ3) is 3.28. The predicted octanol–water partition coefficient (Wildman–Crippen LogP) is 5.09. The maximum atomic E-state index is 13.3. The largest absolute Gasteiger partial charge is 0.505 e. The van der Waals surface area contributed by atoms with Crippen LogP contribution in [0.3, 0.4) is 0 Å². The number of halogens is 3. The van der Waals surface area contributed by atoms with Crippen molar-refractivity contribution in [1.82, 2.24) is 9.97 Å². The zero-order chi connectivity index (χ0) is 18.9. The van der Waals surface area contributed by atoms with Crippen LogP contribution in [-0.2, 0) is 6.18 Å². The van der Waals surface area contributed by atoms with E-state index >= 15 is 0 Å². The van der Waals surface area contributed by atoms with E-state index in [9.17, 15) is 18.3 Å². The topological polar surface area (TPSA) is 80.0 Å². The van der Waals surface area contributed by atoms with Crippen LogP contribution in [0.5, 0.6) is 11.6 Å². The summed E-state index contributed by atoms with van der Waals surface area (Å²) in [6.07, 6.45) is -4.78. The number of benzene rings is 2. The maximum Gasteiger partial charge on any atom is 0.425 e. The van der Waals surface area contributed by atoms with Gasteiger partial charge >= 0.3 is 6.18 Å². The highest BCUT2D eigenvalue weighted by atomic mass is 19.4. The number of hydrogen-bond donors (Lipinski definition) is 1. The average molecular weight is 362 g/mol. The molecule has 0 spiro atoms. The van der Waals surface area contributed by atoms with Crippen LogP contribution in [-0.4, -0.2) is 22.2 Å². The minimum atomic E-state index is -4.78. The number of ether oxygens (including phenoxy) is 1. The number of aryl methyl sites for hydroxylation is 1. The summed E-state index contributed by atoms with van der Waals surface area (Å²) < 4.78 is 44.7. The van der Waals surface area contributed by atoms with Crippen molar-refractivity contribution in [2.24, 2.45) is 10.2 Å². The fourth-order valence-corrected chi connectivity index (χ4v) is 2.43. The molecule has 1 heterocycles. The van der Waals surface area contributed by atoms with Gasteiger partial charge in [0.25, 0.3) is 0 Å². The lowest BCUT2D eigenvalue weighted by Crippen LogP contribution is -2.11. The van der Waals surface area contributed by atoms with Gasteiger partial charge in [-0.1, -0.05) is 30.3 Å². The number of methoxy groups -OCH3 is 1. The normalized spacial score (nSPS) is 12.0. The van der Waals surface area contributed by atoms with E-state index in [0.717, 1.165) is 12.5 Å². The molecule has 2 aromatic carbocycles. The van der Waals surface area contributed by atoms with Gasteiger partial charge in [-0.2, -0.15) is 18.2 Å². The van der Waals surface area contributed by atoms with Crippen LogP contribution in [0.4, 0.5) is 24.7 Å². The highest BCUT2D eigenvalue weighted by Gasteiger charge is 2.40. The molecule has 3 aromatic rings. The van der Waals surface area contributed by atoms with Crippen molar-refractivity contribution >= 4 is 22.3 Å². The Morgan fingerprint density at radius 2 is 1.77 bits per heavy atom. The van der Waals surface area contributed by atoms with Crippen molar-refractivity contribution in [3.8, 4) is 11.6 Å². The monoisotopic (exact) mass is 362 g/mol. The summed E-state index contributed by atoms with van der Waals surface area (Å²) in [6.45, 7) is 1.41. The Bertz CT molecular complexity index is 1000. The molecule has 0 aliphatic carbocycles. The molecule has 1 aromatic heterocycles. The second-order valence-electron chi connectivity index (χ2n) is 5.33. The number of nitrogens with zero attached hydrogens (tertiary/aromatic N) is 4. The van der Waals surface area contributed by atoms with Crippen LogP contribution in [0.2, 0.25) is 0 Å². The third-order valence-electron chi connectivity index (χ3n) is 3.58. The lowest BCUT2D eigenvalue weighted by Gasteiger charge is -2.12. The summed E-state index contributed by atoms with van der Waals surface area (Å²) in [4.78, 5) is 7.33. The molecular formula is C17H13F3N4O2. The van der Waals surface area contributed by atoms with Crippen molar-refractivity contribution in [2.45, 2.75) is 13.1 Å². The minimum Gasteiger partial charge on any atom is -0.505 e. The molecule has 6 nitrogen and oxygen atoms in total. The Labute approximate surface area is 146 Å². The highest BCUT2D eigenvalue weighted by Crippen LogP contribution is 2.42. The Morgan fingerprint density at radius 3 is 2.46 bits per heavy atom. The molecular weight excluding hydrogens is 349 g/mol. The summed E-state index contributed by atoms with van der Waals surface area (Å²) in [6, 6.07) is 10.1. The molecule has 0 amide bonds. The molecule has 134 valence electrons. The number of azo groups is 1. The van der Waals surface area contributed by atoms with Gasteiger partial charge in [0.05, 0.1) is 7.11 Å². The second kappa shape index (κ2) is 6.58. The number of hydrogen-bond acceptors (Lipinski definition) is 6. The van der Waals surface area contributed by atoms with Gasteiger partial charge in [0, 0.05) is 5.39 Å². The Balaban J connectivity index is 2.12. The SMILES string of the molecule is COc1nc(C)nc(/N=N/c2ccc3ccccc3c2O)c1C(F)(F)F. The molecule has 0 saturated heterocycles. The molecule has 0 saturated carbocycles. The van der Waals surface area contributed by atoms with Crippen LogP contribution < -0.4 is 4.74 Å². The Hall–Kier alpha value is -3.23. The number of phenols is 1. The summed E-state index contributed by atoms with van der Waals surface area (Å²) in [5.74, 6) is -1.46. The molecule has 0 radical (unpaired) electrons. The smallest absolute Gasteiger partial charge is 0.425 e. The Kier molecular flexibility index (Phi) is 4.45. The van der Waals surface area contributed by atoms with Gasteiger partial charge in [0.1, 0.15) is 11.5 Å². The van der Waals surface area contributed by atoms with Gasteiger partial charge in [-0.25, -0.2) is 4.98 Å². The van der Waals surface area contributed by atoms with E-state index in [1.54, 1.807) is 30.3 Å². The van der Waals surface area contributed by atoms with E-state index in [0.29, 0.717) is 5.39 Å². The van der Waals surface area contributed by atoms with Crippen molar-refractivity contribution in [3.05, 3.63) is 47.8 Å². The van der Waals surface area contributed by atoms with Crippen molar-refractivity contribution in [2.75, 3.05) is 7.11 Å². The standard InChI is InChI=1S/C17H13F3N4O2/c1-9-21-15(13(17(18,19)20)16(22-9)26-2)24-23-12-8-7-10-5-3-4-6-11(10)14(12)25/h3-8,25H,1-2H3/b24-23+. The van der Waals surface area contributed by atoms with Gasteiger partial charge in [0.2, 0.25) is 5.88 Å². The summed E-state index contributed by atoms with van der Waals surface area (Å²) in [5, 5.41) is 18.9.